The molecule has 1 aromatic heterocycles. The van der Waals surface area contributed by atoms with Crippen molar-refractivity contribution in [2.45, 2.75) is 6.42 Å². The summed E-state index contributed by atoms with van der Waals surface area (Å²) >= 11 is 4.88. The van der Waals surface area contributed by atoms with E-state index in [9.17, 15) is 0 Å². The number of aryl methyl sites for hydroxylation is 1. The summed E-state index contributed by atoms with van der Waals surface area (Å²) in [5.74, 6) is 0. The van der Waals surface area contributed by atoms with Crippen molar-refractivity contribution in [2.24, 2.45) is 12.8 Å². The summed E-state index contributed by atoms with van der Waals surface area (Å²) < 4.78 is 2.10. The van der Waals surface area contributed by atoms with Crippen molar-refractivity contribution in [1.29, 1.82) is 0 Å². The van der Waals surface area contributed by atoms with Crippen LogP contribution in [0.25, 0.3) is 10.9 Å². The largest absolute Gasteiger partial charge is 0.393 e. The van der Waals surface area contributed by atoms with E-state index in [4.69, 9.17) is 18.0 Å². The Bertz CT molecular complexity index is 485. The first kappa shape index (κ1) is 9.21. The molecule has 0 amide bonds. The maximum absolute atomic E-state index is 5.51. The normalized spacial score (nSPS) is 10.6. The Morgan fingerprint density at radius 1 is 1.43 bits per heavy atom. The van der Waals surface area contributed by atoms with Gasteiger partial charge in [0.2, 0.25) is 0 Å². The van der Waals surface area contributed by atoms with E-state index in [0.29, 0.717) is 11.4 Å². The monoisotopic (exact) mass is 204 g/mol. The Kier molecular flexibility index (Phi) is 2.25. The Hall–Kier alpha value is -1.35. The summed E-state index contributed by atoms with van der Waals surface area (Å²) in [5, 5.41) is 1.25. The number of benzene rings is 1. The summed E-state index contributed by atoms with van der Waals surface area (Å²) in [5.41, 5.74) is 7.90. The Morgan fingerprint density at radius 3 is 2.93 bits per heavy atom. The predicted octanol–water partition coefficient (Wildman–Crippen LogP) is 2.01. The molecule has 14 heavy (non-hydrogen) atoms. The second-order valence-electron chi connectivity index (χ2n) is 3.46. The average Bonchev–Trinajstić information content (AvgIpc) is 2.47. The van der Waals surface area contributed by atoms with Crippen LogP contribution in [0.15, 0.2) is 30.5 Å². The van der Waals surface area contributed by atoms with E-state index in [1.165, 1.54) is 16.5 Å². The topological polar surface area (TPSA) is 30.9 Å². The summed E-state index contributed by atoms with van der Waals surface area (Å²) in [6.45, 7) is 0. The van der Waals surface area contributed by atoms with Gasteiger partial charge in [0.1, 0.15) is 0 Å². The molecule has 0 aliphatic rings. The Balaban J connectivity index is 2.49. The lowest BCUT2D eigenvalue weighted by atomic mass is 10.1. The molecule has 0 atom stereocenters. The van der Waals surface area contributed by atoms with E-state index in [0.717, 1.165) is 0 Å². The number of nitrogens with two attached hydrogens (primary N) is 1. The quantitative estimate of drug-likeness (QED) is 0.759. The second kappa shape index (κ2) is 3.42. The fraction of sp³-hybridized carbons (Fsp3) is 0.182. The number of aromatic nitrogens is 1. The van der Waals surface area contributed by atoms with Gasteiger partial charge in [0, 0.05) is 25.2 Å². The molecule has 0 fully saturated rings. The van der Waals surface area contributed by atoms with Gasteiger partial charge in [0.05, 0.1) is 4.99 Å². The van der Waals surface area contributed by atoms with Gasteiger partial charge in [0.15, 0.2) is 0 Å². The highest BCUT2D eigenvalue weighted by atomic mass is 32.1. The molecule has 1 heterocycles. The fourth-order valence-electron chi connectivity index (χ4n) is 1.62. The maximum Gasteiger partial charge on any atom is 0.0771 e. The standard InChI is InChI=1S/C11H12N2S/c1-13-5-4-9-3-2-8(6-10(9)13)7-11(12)14/h2-6H,7H2,1H3,(H2,12,14). The van der Waals surface area contributed by atoms with E-state index >= 15 is 0 Å². The van der Waals surface area contributed by atoms with Crippen LogP contribution in [0.1, 0.15) is 5.56 Å². The maximum atomic E-state index is 5.51. The lowest BCUT2D eigenvalue weighted by molar-refractivity contribution is 0.968. The Morgan fingerprint density at radius 2 is 2.21 bits per heavy atom. The van der Waals surface area contributed by atoms with E-state index in [-0.39, 0.29) is 0 Å². The van der Waals surface area contributed by atoms with E-state index in [1.807, 2.05) is 7.05 Å². The van der Waals surface area contributed by atoms with Crippen LogP contribution in [-0.2, 0) is 13.5 Å². The van der Waals surface area contributed by atoms with Crippen molar-refractivity contribution in [1.82, 2.24) is 4.57 Å². The molecular weight excluding hydrogens is 192 g/mol. The minimum absolute atomic E-state index is 0.540. The zero-order chi connectivity index (χ0) is 10.1. The molecule has 0 spiro atoms. The molecular formula is C11H12N2S. The van der Waals surface area contributed by atoms with Gasteiger partial charge in [0.25, 0.3) is 0 Å². The van der Waals surface area contributed by atoms with Crippen molar-refractivity contribution in [3.05, 3.63) is 36.0 Å². The number of thiocarbonyl (C=S) groups is 1. The Labute approximate surface area is 88.3 Å². The summed E-state index contributed by atoms with van der Waals surface area (Å²) in [7, 11) is 2.03. The summed E-state index contributed by atoms with van der Waals surface area (Å²) in [6, 6.07) is 8.40. The molecule has 2 N–H and O–H groups in total. The van der Waals surface area contributed by atoms with E-state index < -0.39 is 0 Å². The molecule has 0 aliphatic carbocycles. The number of nitrogens with zero attached hydrogens (tertiary/aromatic N) is 1. The first-order valence-electron chi connectivity index (χ1n) is 4.49. The van der Waals surface area contributed by atoms with E-state index in [2.05, 4.69) is 35.0 Å². The molecule has 0 unspecified atom stereocenters. The van der Waals surface area contributed by atoms with Crippen LogP contribution in [0.3, 0.4) is 0 Å². The predicted molar refractivity (Wildman–Crippen MR) is 63.4 cm³/mol. The minimum atomic E-state index is 0.540. The minimum Gasteiger partial charge on any atom is -0.393 e. The smallest absolute Gasteiger partial charge is 0.0771 e. The summed E-state index contributed by atoms with van der Waals surface area (Å²) in [6.07, 6.45) is 2.73. The van der Waals surface area contributed by atoms with Gasteiger partial charge in [-0.05, 0) is 23.1 Å². The van der Waals surface area contributed by atoms with Crippen LogP contribution in [0, 0.1) is 0 Å². The lowest BCUT2D eigenvalue weighted by Crippen LogP contribution is -2.10. The first-order chi connectivity index (χ1) is 6.66. The molecule has 1 aromatic carbocycles. The van der Waals surface area contributed by atoms with Crippen LogP contribution >= 0.6 is 12.2 Å². The molecule has 0 aliphatic heterocycles. The van der Waals surface area contributed by atoms with Crippen LogP contribution in [0.4, 0.5) is 0 Å². The fourth-order valence-corrected chi connectivity index (χ4v) is 1.79. The molecule has 2 nitrogen and oxygen atoms in total. The highest BCUT2D eigenvalue weighted by Gasteiger charge is 2.00. The zero-order valence-corrected chi connectivity index (χ0v) is 8.84. The SMILES string of the molecule is Cn1ccc2ccc(CC(N)=S)cc21. The van der Waals surface area contributed by atoms with Gasteiger partial charge in [-0.1, -0.05) is 24.4 Å². The molecule has 3 heteroatoms. The molecule has 0 radical (unpaired) electrons. The van der Waals surface area contributed by atoms with Crippen molar-refractivity contribution < 1.29 is 0 Å². The van der Waals surface area contributed by atoms with Gasteiger partial charge in [-0.3, -0.25) is 0 Å². The molecule has 0 saturated carbocycles. The van der Waals surface area contributed by atoms with Crippen molar-refractivity contribution in [3.63, 3.8) is 0 Å². The number of rotatable bonds is 2. The lowest BCUT2D eigenvalue weighted by Gasteiger charge is -2.01. The zero-order valence-electron chi connectivity index (χ0n) is 8.03. The van der Waals surface area contributed by atoms with Crippen LogP contribution < -0.4 is 5.73 Å². The van der Waals surface area contributed by atoms with Crippen LogP contribution in [0.2, 0.25) is 0 Å². The number of hydrogen-bond acceptors (Lipinski definition) is 1. The third kappa shape index (κ3) is 1.63. The van der Waals surface area contributed by atoms with Crippen LogP contribution in [0.5, 0.6) is 0 Å². The highest BCUT2D eigenvalue weighted by Crippen LogP contribution is 2.16. The summed E-state index contributed by atoms with van der Waals surface area (Å²) in [4.78, 5) is 0.540. The molecule has 2 aromatic rings. The van der Waals surface area contributed by atoms with Crippen LogP contribution in [-0.4, -0.2) is 9.56 Å². The highest BCUT2D eigenvalue weighted by molar-refractivity contribution is 7.80. The van der Waals surface area contributed by atoms with Crippen molar-refractivity contribution >= 4 is 28.1 Å². The number of fused-ring (bicyclic) bond motifs is 1. The third-order valence-corrected chi connectivity index (χ3v) is 2.48. The number of hydrogen-bond donors (Lipinski definition) is 1. The van der Waals surface area contributed by atoms with Gasteiger partial charge in [-0.15, -0.1) is 0 Å². The van der Waals surface area contributed by atoms with Crippen molar-refractivity contribution in [2.75, 3.05) is 0 Å². The molecule has 0 saturated heterocycles. The molecule has 2 rings (SSSR count). The second-order valence-corrected chi connectivity index (χ2v) is 3.99. The molecule has 0 bridgehead atoms. The van der Waals surface area contributed by atoms with Gasteiger partial charge >= 0.3 is 0 Å². The third-order valence-electron chi connectivity index (χ3n) is 2.33. The van der Waals surface area contributed by atoms with Gasteiger partial charge < -0.3 is 10.3 Å². The van der Waals surface area contributed by atoms with Gasteiger partial charge in [-0.2, -0.15) is 0 Å². The van der Waals surface area contributed by atoms with Crippen molar-refractivity contribution in [3.8, 4) is 0 Å². The average molecular weight is 204 g/mol. The molecule has 72 valence electrons. The van der Waals surface area contributed by atoms with E-state index in [1.54, 1.807) is 0 Å². The van der Waals surface area contributed by atoms with Gasteiger partial charge in [-0.25, -0.2) is 0 Å². The first-order valence-corrected chi connectivity index (χ1v) is 4.90.